The zero-order valence-corrected chi connectivity index (χ0v) is 15.1. The molecule has 0 aliphatic carbocycles. The van der Waals surface area contributed by atoms with Crippen molar-refractivity contribution in [2.24, 2.45) is 17.6 Å². The Morgan fingerprint density at radius 3 is 2.45 bits per heavy atom. The standard InChI is InChI=1S/C16H32N4O.ClH/c1-12-10-14(4-7-18-12)13-5-8-20(9-6-13)16(21)15(17)11-19(2)3;/h12-15,18H,4-11,17H2,1-3H3;1H/t12?,14?,15-;/m1./s1. The number of halogens is 1. The molecule has 3 atom stereocenters. The SMILES string of the molecule is CC1CC(C2CCN(C(=O)[C@H](N)CN(C)C)CC2)CCN1.Cl. The Morgan fingerprint density at radius 1 is 1.27 bits per heavy atom. The highest BCUT2D eigenvalue weighted by Crippen LogP contribution is 2.32. The first kappa shape index (κ1) is 19.7. The minimum atomic E-state index is -0.379. The topological polar surface area (TPSA) is 61.6 Å². The van der Waals surface area contributed by atoms with E-state index in [1.165, 1.54) is 12.8 Å². The van der Waals surface area contributed by atoms with Gasteiger partial charge in [-0.05, 0) is 65.1 Å². The largest absolute Gasteiger partial charge is 0.341 e. The van der Waals surface area contributed by atoms with Crippen LogP contribution in [-0.2, 0) is 4.79 Å². The monoisotopic (exact) mass is 332 g/mol. The second-order valence-corrected chi connectivity index (χ2v) is 7.17. The lowest BCUT2D eigenvalue weighted by Gasteiger charge is -2.40. The maximum atomic E-state index is 12.3. The van der Waals surface area contributed by atoms with Gasteiger partial charge in [-0.3, -0.25) is 4.79 Å². The van der Waals surface area contributed by atoms with Gasteiger partial charge in [-0.15, -0.1) is 12.4 Å². The minimum absolute atomic E-state index is 0. The number of carbonyl (C=O) groups excluding carboxylic acids is 1. The van der Waals surface area contributed by atoms with Gasteiger partial charge >= 0.3 is 0 Å². The van der Waals surface area contributed by atoms with Crippen molar-refractivity contribution in [2.45, 2.75) is 44.7 Å². The van der Waals surface area contributed by atoms with E-state index in [0.29, 0.717) is 12.6 Å². The molecule has 2 unspecified atom stereocenters. The molecule has 2 rings (SSSR count). The maximum Gasteiger partial charge on any atom is 0.240 e. The summed E-state index contributed by atoms with van der Waals surface area (Å²) in [6.45, 7) is 5.85. The van der Waals surface area contributed by atoms with Gasteiger partial charge in [0.1, 0.15) is 0 Å². The van der Waals surface area contributed by atoms with E-state index in [4.69, 9.17) is 5.73 Å². The van der Waals surface area contributed by atoms with Gasteiger partial charge < -0.3 is 20.9 Å². The van der Waals surface area contributed by atoms with Crippen LogP contribution >= 0.6 is 12.4 Å². The van der Waals surface area contributed by atoms with E-state index in [1.54, 1.807) is 0 Å². The zero-order valence-electron chi connectivity index (χ0n) is 14.3. The number of likely N-dealkylation sites (tertiary alicyclic amines) is 1. The average molecular weight is 333 g/mol. The highest BCUT2D eigenvalue weighted by atomic mass is 35.5. The summed E-state index contributed by atoms with van der Waals surface area (Å²) in [7, 11) is 3.91. The van der Waals surface area contributed by atoms with Gasteiger partial charge in [-0.25, -0.2) is 0 Å². The smallest absolute Gasteiger partial charge is 0.240 e. The molecule has 130 valence electrons. The van der Waals surface area contributed by atoms with Crippen molar-refractivity contribution in [1.29, 1.82) is 0 Å². The molecule has 1 amide bonds. The van der Waals surface area contributed by atoms with Crippen LogP contribution < -0.4 is 11.1 Å². The summed E-state index contributed by atoms with van der Waals surface area (Å²) in [5.74, 6) is 1.76. The number of hydrogen-bond donors (Lipinski definition) is 2. The third kappa shape index (κ3) is 5.37. The van der Waals surface area contributed by atoms with Crippen LogP contribution in [0.2, 0.25) is 0 Å². The summed E-state index contributed by atoms with van der Waals surface area (Å²) >= 11 is 0. The van der Waals surface area contributed by atoms with Gasteiger partial charge in [0.05, 0.1) is 6.04 Å². The molecular formula is C16H33ClN4O. The van der Waals surface area contributed by atoms with Crippen molar-refractivity contribution in [1.82, 2.24) is 15.1 Å². The predicted octanol–water partition coefficient (Wildman–Crippen LogP) is 0.924. The molecule has 2 saturated heterocycles. The molecule has 22 heavy (non-hydrogen) atoms. The molecule has 6 heteroatoms. The number of nitrogens with two attached hydrogens (primary N) is 1. The third-order valence-electron chi connectivity index (χ3n) is 5.06. The molecular weight excluding hydrogens is 300 g/mol. The van der Waals surface area contributed by atoms with Crippen molar-refractivity contribution in [2.75, 3.05) is 40.3 Å². The van der Waals surface area contributed by atoms with Gasteiger partial charge in [0.2, 0.25) is 5.91 Å². The molecule has 0 spiro atoms. The van der Waals surface area contributed by atoms with Crippen molar-refractivity contribution >= 4 is 18.3 Å². The molecule has 0 aromatic carbocycles. The van der Waals surface area contributed by atoms with E-state index >= 15 is 0 Å². The fourth-order valence-electron chi connectivity index (χ4n) is 3.90. The minimum Gasteiger partial charge on any atom is -0.341 e. The van der Waals surface area contributed by atoms with Crippen molar-refractivity contribution < 1.29 is 4.79 Å². The van der Waals surface area contributed by atoms with Crippen LogP contribution in [0.5, 0.6) is 0 Å². The van der Waals surface area contributed by atoms with Crippen LogP contribution in [0, 0.1) is 11.8 Å². The molecule has 0 aromatic heterocycles. The molecule has 2 fully saturated rings. The first-order valence-electron chi connectivity index (χ1n) is 8.40. The molecule has 0 saturated carbocycles. The average Bonchev–Trinajstić information content (AvgIpc) is 2.46. The van der Waals surface area contributed by atoms with Crippen LogP contribution in [0.1, 0.15) is 32.6 Å². The fourth-order valence-corrected chi connectivity index (χ4v) is 3.90. The third-order valence-corrected chi connectivity index (χ3v) is 5.06. The number of piperidine rings is 2. The Kier molecular flexibility index (Phi) is 8.11. The number of hydrogen-bond acceptors (Lipinski definition) is 4. The van der Waals surface area contributed by atoms with E-state index < -0.39 is 0 Å². The Balaban J connectivity index is 0.00000242. The van der Waals surface area contributed by atoms with E-state index in [0.717, 1.165) is 44.3 Å². The van der Waals surface area contributed by atoms with Gasteiger partial charge in [0.25, 0.3) is 0 Å². The summed E-state index contributed by atoms with van der Waals surface area (Å²) in [5.41, 5.74) is 6.00. The number of carbonyl (C=O) groups is 1. The van der Waals surface area contributed by atoms with Gasteiger partial charge in [0.15, 0.2) is 0 Å². The maximum absolute atomic E-state index is 12.3. The summed E-state index contributed by atoms with van der Waals surface area (Å²) in [4.78, 5) is 16.3. The number of nitrogens with zero attached hydrogens (tertiary/aromatic N) is 2. The molecule has 2 heterocycles. The summed E-state index contributed by atoms with van der Waals surface area (Å²) in [5, 5.41) is 3.53. The lowest BCUT2D eigenvalue weighted by molar-refractivity contribution is -0.134. The predicted molar refractivity (Wildman–Crippen MR) is 93.3 cm³/mol. The van der Waals surface area contributed by atoms with Crippen LogP contribution in [0.25, 0.3) is 0 Å². The second-order valence-electron chi connectivity index (χ2n) is 7.17. The summed E-state index contributed by atoms with van der Waals surface area (Å²) in [6, 6.07) is 0.271. The van der Waals surface area contributed by atoms with Crippen LogP contribution in [0.3, 0.4) is 0 Å². The van der Waals surface area contributed by atoms with Crippen LogP contribution in [-0.4, -0.2) is 68.1 Å². The molecule has 0 aromatic rings. The summed E-state index contributed by atoms with van der Waals surface area (Å²) < 4.78 is 0. The second kappa shape index (κ2) is 9.06. The molecule has 2 aliphatic rings. The van der Waals surface area contributed by atoms with Crippen molar-refractivity contribution in [3.05, 3.63) is 0 Å². The van der Waals surface area contributed by atoms with Gasteiger partial charge in [-0.2, -0.15) is 0 Å². The molecule has 0 radical (unpaired) electrons. The Bertz CT molecular complexity index is 345. The van der Waals surface area contributed by atoms with Crippen molar-refractivity contribution in [3.8, 4) is 0 Å². The van der Waals surface area contributed by atoms with E-state index in [1.807, 2.05) is 23.9 Å². The van der Waals surface area contributed by atoms with E-state index in [2.05, 4.69) is 12.2 Å². The Morgan fingerprint density at radius 2 is 1.91 bits per heavy atom. The molecule has 5 nitrogen and oxygen atoms in total. The Labute approximate surface area is 141 Å². The zero-order chi connectivity index (χ0) is 15.4. The highest BCUT2D eigenvalue weighted by Gasteiger charge is 2.32. The first-order valence-corrected chi connectivity index (χ1v) is 8.40. The van der Waals surface area contributed by atoms with Gasteiger partial charge in [0, 0.05) is 25.7 Å². The van der Waals surface area contributed by atoms with Gasteiger partial charge in [-0.1, -0.05) is 0 Å². The van der Waals surface area contributed by atoms with Crippen LogP contribution in [0.4, 0.5) is 0 Å². The quantitative estimate of drug-likeness (QED) is 0.804. The lowest BCUT2D eigenvalue weighted by Crippen LogP contribution is -2.51. The summed E-state index contributed by atoms with van der Waals surface area (Å²) in [6.07, 6.45) is 4.89. The lowest BCUT2D eigenvalue weighted by atomic mass is 9.77. The number of rotatable bonds is 4. The Hall–Kier alpha value is -0.360. The van der Waals surface area contributed by atoms with E-state index in [-0.39, 0.29) is 24.4 Å². The highest BCUT2D eigenvalue weighted by molar-refractivity contribution is 5.85. The molecule has 3 N–H and O–H groups in total. The fraction of sp³-hybridized carbons (Fsp3) is 0.938. The van der Waals surface area contributed by atoms with Crippen LogP contribution in [0.15, 0.2) is 0 Å². The number of likely N-dealkylation sites (N-methyl/N-ethyl adjacent to an activating group) is 1. The van der Waals surface area contributed by atoms with Crippen molar-refractivity contribution in [3.63, 3.8) is 0 Å². The molecule has 2 aliphatic heterocycles. The normalized spacial score (nSPS) is 28.3. The number of nitrogens with one attached hydrogen (secondary N) is 1. The first-order chi connectivity index (χ1) is 9.97. The molecule has 0 bridgehead atoms. The van der Waals surface area contributed by atoms with E-state index in [9.17, 15) is 4.79 Å². The number of amides is 1.